The van der Waals surface area contributed by atoms with Crippen molar-refractivity contribution in [3.8, 4) is 16.9 Å². The average molecular weight is 590 g/mol. The van der Waals surface area contributed by atoms with E-state index in [0.29, 0.717) is 40.3 Å². The van der Waals surface area contributed by atoms with E-state index in [2.05, 4.69) is 35.7 Å². The third-order valence-electron chi connectivity index (χ3n) is 6.86. The van der Waals surface area contributed by atoms with Gasteiger partial charge in [0.1, 0.15) is 23.8 Å². The number of likely N-dealkylation sites (N-methyl/N-ethyl adjacent to an activating group) is 1. The Bertz CT molecular complexity index is 2030. The molecule has 3 aromatic carbocycles. The number of halogens is 1. The normalized spacial score (nSPS) is 11.5. The Balaban J connectivity index is 1.19. The van der Waals surface area contributed by atoms with Crippen molar-refractivity contribution in [1.29, 1.82) is 0 Å². The fourth-order valence-corrected chi connectivity index (χ4v) is 4.69. The number of carbonyl (C=O) groups excluding carboxylic acids is 2. The van der Waals surface area contributed by atoms with E-state index in [1.165, 1.54) is 24.5 Å². The van der Waals surface area contributed by atoms with Crippen LogP contribution < -0.4 is 10.6 Å². The standard InChI is InChI=1S/C32H28FN9O2/c1-41(2)12-4-7-30(43)35-18-29-34-17-27(39-29)20-8-10-26-25(14-20)31(37-19-36-26)40-32(44)21-9-11-28-22(13-21)16-38-42(28)24-6-3-5-23(33)15-24/h3-11,13-17,19H,12,18H2,1-2H3,(H,34,39)(H,35,43)(H,36,37,40,44)/b7-4+. The number of carbonyl (C=O) groups is 2. The van der Waals surface area contributed by atoms with Crippen LogP contribution in [0.3, 0.4) is 0 Å². The summed E-state index contributed by atoms with van der Waals surface area (Å²) in [5.74, 6) is 0.0445. The minimum atomic E-state index is -0.358. The lowest BCUT2D eigenvalue weighted by Gasteiger charge is -2.09. The summed E-state index contributed by atoms with van der Waals surface area (Å²) in [5, 5.41) is 11.5. The number of benzene rings is 3. The highest BCUT2D eigenvalue weighted by Gasteiger charge is 2.14. The smallest absolute Gasteiger partial charge is 0.256 e. The van der Waals surface area contributed by atoms with Gasteiger partial charge in [0.2, 0.25) is 5.91 Å². The number of amides is 2. The molecule has 2 amide bonds. The lowest BCUT2D eigenvalue weighted by atomic mass is 10.1. The molecule has 0 unspecified atom stereocenters. The zero-order valence-electron chi connectivity index (χ0n) is 24.0. The number of nitrogens with zero attached hydrogens (tertiary/aromatic N) is 6. The Morgan fingerprint density at radius 3 is 2.75 bits per heavy atom. The van der Waals surface area contributed by atoms with Gasteiger partial charge in [-0.3, -0.25) is 9.59 Å². The van der Waals surface area contributed by atoms with E-state index < -0.39 is 0 Å². The minimum Gasteiger partial charge on any atom is -0.345 e. The quantitative estimate of drug-likeness (QED) is 0.212. The second-order valence-electron chi connectivity index (χ2n) is 10.3. The fourth-order valence-electron chi connectivity index (χ4n) is 4.69. The van der Waals surface area contributed by atoms with Gasteiger partial charge in [-0.15, -0.1) is 0 Å². The van der Waals surface area contributed by atoms with E-state index in [1.807, 2.05) is 37.2 Å². The molecule has 3 aromatic heterocycles. The average Bonchev–Trinajstić information content (AvgIpc) is 3.67. The van der Waals surface area contributed by atoms with E-state index in [9.17, 15) is 14.0 Å². The van der Waals surface area contributed by atoms with Crippen LogP contribution in [0, 0.1) is 5.82 Å². The van der Waals surface area contributed by atoms with Crippen LogP contribution in [0.5, 0.6) is 0 Å². The molecule has 220 valence electrons. The summed E-state index contributed by atoms with van der Waals surface area (Å²) < 4.78 is 15.4. The molecule has 44 heavy (non-hydrogen) atoms. The number of fused-ring (bicyclic) bond motifs is 2. The molecule has 0 saturated carbocycles. The first-order valence-electron chi connectivity index (χ1n) is 13.8. The van der Waals surface area contributed by atoms with Crippen LogP contribution in [-0.4, -0.2) is 67.1 Å². The third kappa shape index (κ3) is 6.20. The number of aromatic nitrogens is 6. The summed E-state index contributed by atoms with van der Waals surface area (Å²) in [6.45, 7) is 0.917. The Labute approximate surface area is 251 Å². The highest BCUT2D eigenvalue weighted by molar-refractivity contribution is 6.09. The highest BCUT2D eigenvalue weighted by atomic mass is 19.1. The molecule has 11 nitrogen and oxygen atoms in total. The van der Waals surface area contributed by atoms with Gasteiger partial charge in [0, 0.05) is 34.5 Å². The molecule has 3 heterocycles. The molecule has 0 aliphatic rings. The lowest BCUT2D eigenvalue weighted by molar-refractivity contribution is -0.116. The molecule has 0 spiro atoms. The molecule has 6 aromatic rings. The maximum Gasteiger partial charge on any atom is 0.256 e. The SMILES string of the molecule is CN(C)C/C=C/C(=O)NCc1ncc(-c2ccc3ncnc(NC(=O)c4ccc5c(cnn5-c5cccc(F)c5)c4)c3c2)[nH]1. The third-order valence-corrected chi connectivity index (χ3v) is 6.86. The summed E-state index contributed by atoms with van der Waals surface area (Å²) >= 11 is 0. The first-order chi connectivity index (χ1) is 21.3. The van der Waals surface area contributed by atoms with E-state index in [-0.39, 0.29) is 24.2 Å². The molecule has 3 N–H and O–H groups in total. The number of nitrogens with one attached hydrogen (secondary N) is 3. The summed E-state index contributed by atoms with van der Waals surface area (Å²) in [5.41, 5.74) is 3.94. The van der Waals surface area contributed by atoms with Crippen molar-refractivity contribution in [2.45, 2.75) is 6.54 Å². The lowest BCUT2D eigenvalue weighted by Crippen LogP contribution is -2.21. The summed E-state index contributed by atoms with van der Waals surface area (Å²) in [7, 11) is 3.86. The van der Waals surface area contributed by atoms with Crippen molar-refractivity contribution >= 4 is 39.4 Å². The Kier molecular flexibility index (Phi) is 7.89. The summed E-state index contributed by atoms with van der Waals surface area (Å²) in [6, 6.07) is 17.0. The highest BCUT2D eigenvalue weighted by Crippen LogP contribution is 2.27. The van der Waals surface area contributed by atoms with Crippen molar-refractivity contribution in [3.63, 3.8) is 0 Å². The van der Waals surface area contributed by atoms with Crippen LogP contribution >= 0.6 is 0 Å². The maximum absolute atomic E-state index is 13.8. The van der Waals surface area contributed by atoms with E-state index in [1.54, 1.807) is 53.5 Å². The predicted octanol–water partition coefficient (Wildman–Crippen LogP) is 4.48. The van der Waals surface area contributed by atoms with Gasteiger partial charge >= 0.3 is 0 Å². The van der Waals surface area contributed by atoms with Crippen LogP contribution in [0.15, 0.2) is 91.5 Å². The van der Waals surface area contributed by atoms with Crippen molar-refractivity contribution < 1.29 is 14.0 Å². The molecule has 6 rings (SSSR count). The summed E-state index contributed by atoms with van der Waals surface area (Å²) in [4.78, 5) is 43.6. The molecular weight excluding hydrogens is 561 g/mol. The van der Waals surface area contributed by atoms with Gasteiger partial charge in [-0.05, 0) is 62.6 Å². The Morgan fingerprint density at radius 1 is 1.02 bits per heavy atom. The molecule has 0 fully saturated rings. The predicted molar refractivity (Wildman–Crippen MR) is 166 cm³/mol. The number of aromatic amines is 1. The van der Waals surface area contributed by atoms with Crippen LogP contribution in [0.4, 0.5) is 10.2 Å². The van der Waals surface area contributed by atoms with Gasteiger partial charge in [-0.25, -0.2) is 24.0 Å². The number of rotatable bonds is 9. The molecule has 0 aliphatic heterocycles. The van der Waals surface area contributed by atoms with Crippen LogP contribution in [0.2, 0.25) is 0 Å². The first-order valence-corrected chi connectivity index (χ1v) is 13.8. The summed E-state index contributed by atoms with van der Waals surface area (Å²) in [6.07, 6.45) is 8.01. The largest absolute Gasteiger partial charge is 0.345 e. The van der Waals surface area contributed by atoms with Gasteiger partial charge in [0.15, 0.2) is 0 Å². The molecule has 0 radical (unpaired) electrons. The second kappa shape index (κ2) is 12.2. The Hall–Kier alpha value is -5.75. The number of hydrogen-bond donors (Lipinski definition) is 3. The second-order valence-corrected chi connectivity index (χ2v) is 10.3. The fraction of sp³-hybridized carbons (Fsp3) is 0.125. The van der Waals surface area contributed by atoms with Crippen molar-refractivity contribution in [1.82, 2.24) is 39.9 Å². The number of H-pyrrole nitrogens is 1. The van der Waals surface area contributed by atoms with Crippen molar-refractivity contribution in [2.24, 2.45) is 0 Å². The Morgan fingerprint density at radius 2 is 1.91 bits per heavy atom. The van der Waals surface area contributed by atoms with Crippen LogP contribution in [-0.2, 0) is 11.3 Å². The zero-order valence-corrected chi connectivity index (χ0v) is 24.0. The molecular formula is C32H28FN9O2. The molecule has 0 bridgehead atoms. The van der Waals surface area contributed by atoms with Gasteiger partial charge in [-0.2, -0.15) is 5.10 Å². The van der Waals surface area contributed by atoms with Crippen LogP contribution in [0.1, 0.15) is 16.2 Å². The molecule has 12 heteroatoms. The van der Waals surface area contributed by atoms with E-state index in [0.717, 1.165) is 22.2 Å². The van der Waals surface area contributed by atoms with E-state index >= 15 is 0 Å². The monoisotopic (exact) mass is 589 g/mol. The molecule has 0 atom stereocenters. The zero-order chi connectivity index (χ0) is 30.6. The maximum atomic E-state index is 13.8. The minimum absolute atomic E-state index is 0.201. The van der Waals surface area contributed by atoms with E-state index in [4.69, 9.17) is 0 Å². The molecule has 0 aliphatic carbocycles. The molecule has 0 saturated heterocycles. The first kappa shape index (κ1) is 28.4. The number of imidazole rings is 1. The van der Waals surface area contributed by atoms with Gasteiger partial charge < -0.3 is 20.5 Å². The number of anilines is 1. The van der Waals surface area contributed by atoms with Gasteiger partial charge in [0.05, 0.1) is 41.4 Å². The van der Waals surface area contributed by atoms with Crippen LogP contribution in [0.25, 0.3) is 38.8 Å². The van der Waals surface area contributed by atoms with Crippen molar-refractivity contribution in [2.75, 3.05) is 26.0 Å². The number of hydrogen-bond acceptors (Lipinski definition) is 7. The van der Waals surface area contributed by atoms with Crippen molar-refractivity contribution in [3.05, 3.63) is 109 Å². The topological polar surface area (TPSA) is 134 Å². The van der Waals surface area contributed by atoms with Gasteiger partial charge in [-0.1, -0.05) is 18.2 Å². The van der Waals surface area contributed by atoms with Gasteiger partial charge in [0.25, 0.3) is 5.91 Å².